The molecule has 14 heteroatoms. The average molecular weight is 1310 g/mol. The smallest absolute Gasteiger partial charge is 0.220 e. The summed E-state index contributed by atoms with van der Waals surface area (Å²) in [5, 5.41) is 87.8. The van der Waals surface area contributed by atoms with Gasteiger partial charge in [0.25, 0.3) is 0 Å². The number of carbonyl (C=O) groups excluding carboxylic acids is 1. The fourth-order valence-electron chi connectivity index (χ4n) is 13.1. The zero-order valence-corrected chi connectivity index (χ0v) is 59.3. The van der Waals surface area contributed by atoms with E-state index in [4.69, 9.17) is 18.9 Å². The van der Waals surface area contributed by atoms with Crippen LogP contribution in [0, 0.1) is 0 Å². The summed E-state index contributed by atoms with van der Waals surface area (Å²) in [4.78, 5) is 13.4. The largest absolute Gasteiger partial charge is 0.394 e. The monoisotopic (exact) mass is 1310 g/mol. The maximum Gasteiger partial charge on any atom is 0.220 e. The van der Waals surface area contributed by atoms with Crippen molar-refractivity contribution in [2.45, 2.75) is 434 Å². The molecule has 1 amide bonds. The van der Waals surface area contributed by atoms with Gasteiger partial charge in [-0.1, -0.05) is 339 Å². The van der Waals surface area contributed by atoms with Gasteiger partial charge in [-0.15, -0.1) is 0 Å². The van der Waals surface area contributed by atoms with Crippen LogP contribution >= 0.6 is 0 Å². The Bertz CT molecular complexity index is 1680. The Morgan fingerprint density at radius 1 is 0.391 bits per heavy atom. The molecule has 12 unspecified atom stereocenters. The highest BCUT2D eigenvalue weighted by atomic mass is 16.7. The van der Waals surface area contributed by atoms with Gasteiger partial charge in [-0.25, -0.2) is 0 Å². The Labute approximate surface area is 563 Å². The van der Waals surface area contributed by atoms with Crippen LogP contribution in [0.25, 0.3) is 0 Å². The van der Waals surface area contributed by atoms with E-state index in [1.807, 2.05) is 0 Å². The number of hydrogen-bond donors (Lipinski definition) is 9. The number of allylic oxidation sites excluding steroid dienone is 6. The van der Waals surface area contributed by atoms with Crippen molar-refractivity contribution < 1.29 is 64.6 Å². The Morgan fingerprint density at radius 3 is 1.10 bits per heavy atom. The maximum absolute atomic E-state index is 13.4. The molecule has 2 saturated heterocycles. The normalized spacial score (nSPS) is 22.8. The molecule has 14 nitrogen and oxygen atoms in total. The molecule has 0 aliphatic carbocycles. The first-order chi connectivity index (χ1) is 45.1. The fraction of sp³-hybridized carbons (Fsp3) is 0.910. The fourth-order valence-corrected chi connectivity index (χ4v) is 13.1. The van der Waals surface area contributed by atoms with E-state index in [-0.39, 0.29) is 12.5 Å². The van der Waals surface area contributed by atoms with E-state index < -0.39 is 86.8 Å². The van der Waals surface area contributed by atoms with Gasteiger partial charge in [0.05, 0.1) is 32.0 Å². The Morgan fingerprint density at radius 2 is 0.717 bits per heavy atom. The lowest BCUT2D eigenvalue weighted by Crippen LogP contribution is -2.65. The van der Waals surface area contributed by atoms with Crippen LogP contribution in [0.5, 0.6) is 0 Å². The highest BCUT2D eigenvalue weighted by Crippen LogP contribution is 2.30. The molecule has 2 fully saturated rings. The van der Waals surface area contributed by atoms with E-state index in [0.29, 0.717) is 12.8 Å². The summed E-state index contributed by atoms with van der Waals surface area (Å²) in [6, 6.07) is -0.828. The van der Waals surface area contributed by atoms with E-state index in [0.717, 1.165) is 64.2 Å². The highest BCUT2D eigenvalue weighted by molar-refractivity contribution is 5.76. The maximum atomic E-state index is 13.4. The average Bonchev–Trinajstić information content (AvgIpc) is 0.915. The summed E-state index contributed by atoms with van der Waals surface area (Å²) < 4.78 is 23.0. The van der Waals surface area contributed by atoms with Gasteiger partial charge in [0.1, 0.15) is 48.8 Å². The number of aliphatic hydroxyl groups is 8. The van der Waals surface area contributed by atoms with Crippen molar-refractivity contribution in [2.75, 3.05) is 19.8 Å². The van der Waals surface area contributed by atoms with Gasteiger partial charge in [-0.2, -0.15) is 0 Å². The van der Waals surface area contributed by atoms with Gasteiger partial charge in [0.2, 0.25) is 5.91 Å². The molecule has 2 rings (SSSR count). The third-order valence-corrected chi connectivity index (χ3v) is 19.4. The lowest BCUT2D eigenvalue weighted by Gasteiger charge is -2.46. The number of unbranched alkanes of at least 4 members (excludes halogenated alkanes) is 47. The summed E-state index contributed by atoms with van der Waals surface area (Å²) in [7, 11) is 0. The van der Waals surface area contributed by atoms with Crippen LogP contribution < -0.4 is 5.32 Å². The predicted molar refractivity (Wildman–Crippen MR) is 378 cm³/mol. The standard InChI is InChI=1S/C78H147NO13/c1-3-5-7-9-11-13-15-17-19-21-23-25-26-27-28-29-30-31-32-33-34-35-36-37-38-39-40-42-44-46-48-50-52-54-56-58-60-62-70(83)79-66(67(82)61-59-57-55-53-51-49-47-45-43-41-24-22-20-18-16-14-12-10-8-6-4-2)65-89-77-75(88)73(86)76(69(64-81)91-77)92-78-74(87)72(85)71(84)68(63-80)90-78/h15,17,21,23,26-27,66-69,71-78,80-82,84-88H,3-14,16,18-20,22,24-25,28-65H2,1-2H3,(H,79,83)/b17-15-,23-21-,27-26-. The van der Waals surface area contributed by atoms with Crippen LogP contribution in [0.1, 0.15) is 361 Å². The summed E-state index contributed by atoms with van der Waals surface area (Å²) >= 11 is 0. The van der Waals surface area contributed by atoms with E-state index in [9.17, 15) is 45.6 Å². The van der Waals surface area contributed by atoms with Crippen LogP contribution in [0.4, 0.5) is 0 Å². The topological polar surface area (TPSA) is 228 Å². The number of aliphatic hydroxyl groups excluding tert-OH is 8. The van der Waals surface area contributed by atoms with Gasteiger partial charge in [0, 0.05) is 6.42 Å². The molecule has 0 radical (unpaired) electrons. The molecular weight excluding hydrogens is 1160 g/mol. The molecule has 2 heterocycles. The molecule has 0 bridgehead atoms. The molecule has 0 aromatic carbocycles. The minimum absolute atomic E-state index is 0.199. The van der Waals surface area contributed by atoms with Crippen molar-refractivity contribution >= 4 is 5.91 Å². The van der Waals surface area contributed by atoms with Crippen LogP contribution in [-0.4, -0.2) is 140 Å². The van der Waals surface area contributed by atoms with Gasteiger partial charge in [0.15, 0.2) is 12.6 Å². The second kappa shape index (κ2) is 62.7. The number of rotatable bonds is 66. The lowest BCUT2D eigenvalue weighted by molar-refractivity contribution is -0.359. The van der Waals surface area contributed by atoms with Crippen molar-refractivity contribution in [3.05, 3.63) is 36.5 Å². The van der Waals surface area contributed by atoms with Crippen molar-refractivity contribution in [1.29, 1.82) is 0 Å². The Balaban J connectivity index is 1.58. The van der Waals surface area contributed by atoms with Gasteiger partial charge in [-0.05, 0) is 51.4 Å². The van der Waals surface area contributed by atoms with Crippen LogP contribution in [-0.2, 0) is 23.7 Å². The molecule has 12 atom stereocenters. The number of hydrogen-bond acceptors (Lipinski definition) is 13. The first-order valence-corrected chi connectivity index (χ1v) is 39.2. The second-order valence-corrected chi connectivity index (χ2v) is 27.8. The minimum Gasteiger partial charge on any atom is -0.394 e. The predicted octanol–water partition coefficient (Wildman–Crippen LogP) is 17.2. The quantitative estimate of drug-likeness (QED) is 0.0204. The summed E-state index contributed by atoms with van der Waals surface area (Å²) in [6.07, 6.45) is 64.7. The summed E-state index contributed by atoms with van der Waals surface area (Å²) in [5.74, 6) is -0.199. The Kier molecular flexibility index (Phi) is 58.8. The van der Waals surface area contributed by atoms with E-state index in [2.05, 4.69) is 55.6 Å². The second-order valence-electron chi connectivity index (χ2n) is 27.8. The number of nitrogens with one attached hydrogen (secondary N) is 1. The van der Waals surface area contributed by atoms with Crippen LogP contribution in [0.3, 0.4) is 0 Å². The minimum atomic E-state index is -1.78. The van der Waals surface area contributed by atoms with Crippen molar-refractivity contribution in [1.82, 2.24) is 5.32 Å². The molecule has 542 valence electrons. The van der Waals surface area contributed by atoms with E-state index in [1.165, 1.54) is 270 Å². The first-order valence-electron chi connectivity index (χ1n) is 39.2. The Hall–Kier alpha value is -1.79. The first kappa shape index (κ1) is 86.3. The van der Waals surface area contributed by atoms with E-state index in [1.54, 1.807) is 0 Å². The third kappa shape index (κ3) is 45.7. The zero-order chi connectivity index (χ0) is 66.6. The summed E-state index contributed by atoms with van der Waals surface area (Å²) in [6.45, 7) is 2.91. The lowest BCUT2D eigenvalue weighted by atomic mass is 9.97. The summed E-state index contributed by atoms with van der Waals surface area (Å²) in [5.41, 5.74) is 0. The molecule has 0 spiro atoms. The van der Waals surface area contributed by atoms with Crippen molar-refractivity contribution in [2.24, 2.45) is 0 Å². The van der Waals surface area contributed by atoms with Crippen molar-refractivity contribution in [3.63, 3.8) is 0 Å². The van der Waals surface area contributed by atoms with Gasteiger partial charge < -0.3 is 65.1 Å². The molecule has 0 aromatic heterocycles. The number of ether oxygens (including phenoxy) is 4. The van der Waals surface area contributed by atoms with Crippen LogP contribution in [0.15, 0.2) is 36.5 Å². The molecular formula is C78H147NO13. The molecule has 92 heavy (non-hydrogen) atoms. The highest BCUT2D eigenvalue weighted by Gasteiger charge is 2.51. The SMILES string of the molecule is CCCCCCC/C=C\C/C=C\C/C=C\CCCCCCCCCCCCCCCCCCCCCCCCC(=O)NC(COC1OC(CO)C(OC2OC(CO)C(O)C(O)C2O)C(O)C1O)C(O)CCCCCCCCCCCCCCCCCCCCCCC. The molecule has 0 saturated carbocycles. The molecule has 0 aromatic rings. The third-order valence-electron chi connectivity index (χ3n) is 19.4. The van der Waals surface area contributed by atoms with Gasteiger partial charge in [-0.3, -0.25) is 4.79 Å². The number of carbonyl (C=O) groups is 1. The molecule has 2 aliphatic heterocycles. The van der Waals surface area contributed by atoms with Crippen LogP contribution in [0.2, 0.25) is 0 Å². The van der Waals surface area contributed by atoms with Crippen molar-refractivity contribution in [3.8, 4) is 0 Å². The van der Waals surface area contributed by atoms with E-state index >= 15 is 0 Å². The number of amides is 1. The zero-order valence-electron chi connectivity index (χ0n) is 59.3. The van der Waals surface area contributed by atoms with Gasteiger partial charge >= 0.3 is 0 Å². The molecule has 2 aliphatic rings. The molecule has 9 N–H and O–H groups in total.